The van der Waals surface area contributed by atoms with Crippen LogP contribution in [0.5, 0.6) is 0 Å². The van der Waals surface area contributed by atoms with Crippen LogP contribution in [0, 0.1) is 23.1 Å². The molecule has 0 saturated carbocycles. The summed E-state index contributed by atoms with van der Waals surface area (Å²) < 4.78 is 28.7. The fourth-order valence-corrected chi connectivity index (χ4v) is 5.04. The van der Waals surface area contributed by atoms with Crippen LogP contribution in [0.25, 0.3) is 0 Å². The second-order valence-electron chi connectivity index (χ2n) is 7.52. The Bertz CT molecular complexity index is 1220. The molecule has 9 nitrogen and oxygen atoms in total. The molecule has 1 aliphatic rings. The Hall–Kier alpha value is -3.95. The SMILES string of the molecule is C=C(NOC)C(=O)N1N=C(c2cc(F)ccc2F)SC1(CCCNC(=NC)NC#N)c1ccccc1. The Balaban J connectivity index is 2.03. The van der Waals surface area contributed by atoms with Crippen molar-refractivity contribution in [2.24, 2.45) is 10.1 Å². The van der Waals surface area contributed by atoms with Crippen LogP contribution in [0.3, 0.4) is 0 Å². The summed E-state index contributed by atoms with van der Waals surface area (Å²) in [5.41, 5.74) is 3.01. The number of rotatable bonds is 9. The van der Waals surface area contributed by atoms with Gasteiger partial charge in [-0.05, 0) is 36.6 Å². The van der Waals surface area contributed by atoms with Crippen LogP contribution in [0.15, 0.2) is 70.9 Å². The van der Waals surface area contributed by atoms with Crippen LogP contribution < -0.4 is 16.1 Å². The van der Waals surface area contributed by atoms with Crippen molar-refractivity contribution in [3.05, 3.63) is 83.6 Å². The fraction of sp³-hybridized carbons (Fsp3) is 0.250. The number of aliphatic imine (C=N–C) groups is 1. The van der Waals surface area contributed by atoms with Crippen molar-refractivity contribution >= 4 is 28.7 Å². The summed E-state index contributed by atoms with van der Waals surface area (Å²) >= 11 is 1.15. The Morgan fingerprint density at radius 1 is 1.31 bits per heavy atom. The molecule has 0 spiro atoms. The van der Waals surface area contributed by atoms with Crippen molar-refractivity contribution in [2.45, 2.75) is 17.7 Å². The Labute approximate surface area is 211 Å². The Morgan fingerprint density at radius 2 is 2.06 bits per heavy atom. The van der Waals surface area contributed by atoms with Crippen LogP contribution >= 0.6 is 11.8 Å². The number of hydroxylamine groups is 1. The number of hydrogen-bond acceptors (Lipinski definition) is 7. The van der Waals surface area contributed by atoms with Gasteiger partial charge < -0.3 is 5.32 Å². The second kappa shape index (κ2) is 12.1. The first-order valence-electron chi connectivity index (χ1n) is 10.8. The molecular weight excluding hydrogens is 488 g/mol. The Morgan fingerprint density at radius 3 is 2.72 bits per heavy atom. The highest BCUT2D eigenvalue weighted by atomic mass is 32.2. The van der Waals surface area contributed by atoms with E-state index in [1.807, 2.05) is 30.3 Å². The van der Waals surface area contributed by atoms with Gasteiger partial charge in [0.1, 0.15) is 27.2 Å². The van der Waals surface area contributed by atoms with E-state index < -0.39 is 22.4 Å². The molecule has 0 radical (unpaired) electrons. The second-order valence-corrected chi connectivity index (χ2v) is 8.79. The van der Waals surface area contributed by atoms with Crippen molar-refractivity contribution in [1.29, 1.82) is 5.26 Å². The highest BCUT2D eigenvalue weighted by molar-refractivity contribution is 8.15. The number of guanidine groups is 1. The minimum atomic E-state index is -1.11. The monoisotopic (exact) mass is 513 g/mol. The van der Waals surface area contributed by atoms with Crippen LogP contribution in [-0.2, 0) is 14.5 Å². The van der Waals surface area contributed by atoms with Gasteiger partial charge in [-0.25, -0.2) is 13.8 Å². The average Bonchev–Trinajstić information content (AvgIpc) is 3.28. The molecule has 0 aromatic heterocycles. The maximum atomic E-state index is 14.7. The zero-order valence-electron chi connectivity index (χ0n) is 19.7. The number of thioether (sulfide) groups is 1. The van der Waals surface area contributed by atoms with Crippen molar-refractivity contribution in [3.63, 3.8) is 0 Å². The molecule has 0 bridgehead atoms. The molecule has 2 aromatic carbocycles. The van der Waals surface area contributed by atoms with Gasteiger partial charge in [0, 0.05) is 19.2 Å². The van der Waals surface area contributed by atoms with Crippen molar-refractivity contribution in [1.82, 2.24) is 21.1 Å². The first-order chi connectivity index (χ1) is 17.4. The zero-order chi connectivity index (χ0) is 26.1. The first-order valence-corrected chi connectivity index (χ1v) is 11.6. The van der Waals surface area contributed by atoms with Gasteiger partial charge in [0.25, 0.3) is 5.91 Å². The summed E-state index contributed by atoms with van der Waals surface area (Å²) in [7, 11) is 2.87. The van der Waals surface area contributed by atoms with Crippen LogP contribution in [0.2, 0.25) is 0 Å². The number of benzene rings is 2. The Kier molecular flexibility index (Phi) is 8.99. The van der Waals surface area contributed by atoms with Crippen LogP contribution in [0.1, 0.15) is 24.0 Å². The number of carbonyl (C=O) groups excluding carboxylic acids is 1. The van der Waals surface area contributed by atoms with Gasteiger partial charge in [-0.3, -0.25) is 25.4 Å². The summed E-state index contributed by atoms with van der Waals surface area (Å²) in [6.07, 6.45) is 2.65. The number of hydrogen-bond donors (Lipinski definition) is 3. The minimum Gasteiger partial charge on any atom is -0.356 e. The summed E-state index contributed by atoms with van der Waals surface area (Å²) in [5, 5.41) is 20.1. The quantitative estimate of drug-likeness (QED) is 0.0898. The normalized spacial score (nSPS) is 17.2. The van der Waals surface area contributed by atoms with E-state index in [1.54, 1.807) is 6.19 Å². The zero-order valence-corrected chi connectivity index (χ0v) is 20.5. The van der Waals surface area contributed by atoms with Gasteiger partial charge in [-0.2, -0.15) is 10.4 Å². The minimum absolute atomic E-state index is 0.0577. The van der Waals surface area contributed by atoms with Crippen LogP contribution in [-0.4, -0.2) is 42.6 Å². The van der Waals surface area contributed by atoms with E-state index >= 15 is 0 Å². The predicted octanol–water partition coefficient (Wildman–Crippen LogP) is 3.15. The molecule has 0 aliphatic carbocycles. The third kappa shape index (κ3) is 5.81. The molecule has 12 heteroatoms. The lowest BCUT2D eigenvalue weighted by atomic mass is 10.00. The molecule has 188 valence electrons. The molecular formula is C24H25F2N7O2S. The lowest BCUT2D eigenvalue weighted by molar-refractivity contribution is -0.132. The van der Waals surface area contributed by atoms with Crippen LogP contribution in [0.4, 0.5) is 8.78 Å². The molecule has 0 fully saturated rings. The third-order valence-corrected chi connectivity index (χ3v) is 6.69. The first kappa shape index (κ1) is 26.7. The lowest BCUT2D eigenvalue weighted by Crippen LogP contribution is -2.44. The molecule has 2 aromatic rings. The van der Waals surface area contributed by atoms with E-state index in [0.29, 0.717) is 25.3 Å². The smallest absolute Gasteiger partial charge is 0.293 e. The molecule has 1 unspecified atom stereocenters. The largest absolute Gasteiger partial charge is 0.356 e. The molecule has 1 amide bonds. The summed E-state index contributed by atoms with van der Waals surface area (Å²) in [6, 6.07) is 12.2. The summed E-state index contributed by atoms with van der Waals surface area (Å²) in [4.78, 5) is 21.1. The maximum absolute atomic E-state index is 14.7. The highest BCUT2D eigenvalue weighted by Crippen LogP contribution is 2.50. The summed E-state index contributed by atoms with van der Waals surface area (Å²) in [6.45, 7) is 4.12. The molecule has 3 N–H and O–H groups in total. The average molecular weight is 514 g/mol. The van der Waals surface area contributed by atoms with Gasteiger partial charge in [-0.1, -0.05) is 48.7 Å². The van der Waals surface area contributed by atoms with Gasteiger partial charge in [-0.15, -0.1) is 0 Å². The van der Waals surface area contributed by atoms with Gasteiger partial charge in [0.05, 0.1) is 7.11 Å². The molecule has 36 heavy (non-hydrogen) atoms. The topological polar surface area (TPSA) is 114 Å². The molecule has 0 saturated heterocycles. The van der Waals surface area contributed by atoms with E-state index in [2.05, 4.69) is 32.8 Å². The van der Waals surface area contributed by atoms with E-state index in [4.69, 9.17) is 10.1 Å². The number of hydrazone groups is 1. The van der Waals surface area contributed by atoms with Gasteiger partial charge in [0.2, 0.25) is 5.96 Å². The van der Waals surface area contributed by atoms with E-state index in [1.165, 1.54) is 19.2 Å². The molecule has 1 aliphatic heterocycles. The standard InChI is InChI=1S/C24H25F2N7O2S/c1-16(32-35-3)22(34)33-24(17-8-5-4-6-9-17,12-7-13-29-23(28-2)30-15-27)36-21(31-33)19-14-18(25)10-11-20(19)26/h4-6,8-11,14,32H,1,7,12-13H2,2-3H3,(H2,28,29,30). The van der Waals surface area contributed by atoms with E-state index in [9.17, 15) is 13.6 Å². The highest BCUT2D eigenvalue weighted by Gasteiger charge is 2.49. The van der Waals surface area contributed by atoms with Crippen molar-refractivity contribution in [2.75, 3.05) is 20.7 Å². The predicted molar refractivity (Wildman–Crippen MR) is 134 cm³/mol. The number of nitriles is 1. The van der Waals surface area contributed by atoms with Gasteiger partial charge >= 0.3 is 0 Å². The number of halogens is 2. The number of nitrogens with one attached hydrogen (secondary N) is 3. The van der Waals surface area contributed by atoms with Crippen molar-refractivity contribution < 1.29 is 18.4 Å². The number of nitrogens with zero attached hydrogens (tertiary/aromatic N) is 4. The molecule has 1 atom stereocenters. The van der Waals surface area contributed by atoms with E-state index in [0.717, 1.165) is 35.5 Å². The van der Waals surface area contributed by atoms with Crippen molar-refractivity contribution in [3.8, 4) is 6.19 Å². The maximum Gasteiger partial charge on any atom is 0.293 e. The van der Waals surface area contributed by atoms with Gasteiger partial charge in [0.15, 0.2) is 6.19 Å². The number of carbonyl (C=O) groups is 1. The third-order valence-electron chi connectivity index (χ3n) is 5.24. The lowest BCUT2D eigenvalue weighted by Gasteiger charge is -2.36. The van der Waals surface area contributed by atoms with E-state index in [-0.39, 0.29) is 16.3 Å². The fourth-order valence-electron chi connectivity index (χ4n) is 3.62. The molecule has 3 rings (SSSR count). The molecule has 1 heterocycles. The number of amides is 1. The summed E-state index contributed by atoms with van der Waals surface area (Å²) in [5.74, 6) is -1.60.